The van der Waals surface area contributed by atoms with Crippen LogP contribution in [0, 0.1) is 18.6 Å². The van der Waals surface area contributed by atoms with Crippen molar-refractivity contribution in [1.82, 2.24) is 15.3 Å². The van der Waals surface area contributed by atoms with Crippen molar-refractivity contribution in [3.05, 3.63) is 47.3 Å². The minimum absolute atomic E-state index is 0.134. The molecule has 0 radical (unpaired) electrons. The van der Waals surface area contributed by atoms with Crippen molar-refractivity contribution in [1.29, 1.82) is 0 Å². The number of hydrogen-bond donors (Lipinski definition) is 2. The molecule has 0 unspecified atom stereocenters. The van der Waals surface area contributed by atoms with Crippen molar-refractivity contribution >= 4 is 17.5 Å². The van der Waals surface area contributed by atoms with Gasteiger partial charge in [0, 0.05) is 23.0 Å². The smallest absolute Gasteiger partial charge is 0.270 e. The zero-order valence-corrected chi connectivity index (χ0v) is 13.4. The van der Waals surface area contributed by atoms with Crippen LogP contribution < -0.4 is 10.6 Å². The van der Waals surface area contributed by atoms with E-state index in [9.17, 15) is 13.6 Å². The number of carbonyl (C=O) groups is 1. The monoisotopic (exact) mass is 320 g/mol. The molecular weight excluding hydrogens is 302 g/mol. The summed E-state index contributed by atoms with van der Waals surface area (Å²) in [4.78, 5) is 20.4. The van der Waals surface area contributed by atoms with E-state index in [-0.39, 0.29) is 23.2 Å². The Morgan fingerprint density at radius 2 is 1.78 bits per heavy atom. The van der Waals surface area contributed by atoms with E-state index in [1.54, 1.807) is 13.0 Å². The first-order valence-corrected chi connectivity index (χ1v) is 7.04. The number of rotatable bonds is 3. The van der Waals surface area contributed by atoms with Gasteiger partial charge in [-0.25, -0.2) is 18.7 Å². The maximum absolute atomic E-state index is 13.2. The predicted molar refractivity (Wildman–Crippen MR) is 83.6 cm³/mol. The minimum Gasteiger partial charge on any atom is -0.346 e. The lowest BCUT2D eigenvalue weighted by Gasteiger charge is -2.20. The molecule has 5 nitrogen and oxygen atoms in total. The van der Waals surface area contributed by atoms with Gasteiger partial charge in [-0.05, 0) is 45.9 Å². The molecule has 7 heteroatoms. The Morgan fingerprint density at radius 3 is 2.39 bits per heavy atom. The Balaban J connectivity index is 2.26. The molecule has 0 bridgehead atoms. The average molecular weight is 320 g/mol. The molecule has 1 heterocycles. The molecule has 1 aromatic carbocycles. The minimum atomic E-state index is -0.978. The van der Waals surface area contributed by atoms with Crippen LogP contribution in [0.1, 0.15) is 37.0 Å². The molecule has 2 N–H and O–H groups in total. The van der Waals surface area contributed by atoms with Gasteiger partial charge >= 0.3 is 0 Å². The first-order valence-electron chi connectivity index (χ1n) is 7.04. The van der Waals surface area contributed by atoms with Crippen LogP contribution in [-0.4, -0.2) is 21.4 Å². The summed E-state index contributed by atoms with van der Waals surface area (Å²) >= 11 is 0. The summed E-state index contributed by atoms with van der Waals surface area (Å²) in [6, 6.07) is 4.91. The van der Waals surface area contributed by atoms with Gasteiger partial charge in [-0.15, -0.1) is 0 Å². The van der Waals surface area contributed by atoms with Crippen molar-refractivity contribution < 1.29 is 13.6 Å². The largest absolute Gasteiger partial charge is 0.346 e. The molecule has 0 aliphatic rings. The summed E-state index contributed by atoms with van der Waals surface area (Å²) in [6.45, 7) is 7.30. The molecule has 1 aromatic heterocycles. The fraction of sp³-hybridized carbons (Fsp3) is 0.312. The highest BCUT2D eigenvalue weighted by atomic mass is 19.2. The molecule has 0 aliphatic carbocycles. The van der Waals surface area contributed by atoms with Crippen molar-refractivity contribution in [2.75, 3.05) is 5.32 Å². The second kappa shape index (κ2) is 6.28. The fourth-order valence-corrected chi connectivity index (χ4v) is 1.85. The molecule has 2 aromatic rings. The Hall–Kier alpha value is -2.57. The number of aromatic nitrogens is 2. The maximum Gasteiger partial charge on any atom is 0.270 e. The van der Waals surface area contributed by atoms with Gasteiger partial charge in [0.15, 0.2) is 11.6 Å². The van der Waals surface area contributed by atoms with Crippen LogP contribution in [0.5, 0.6) is 0 Å². The highest BCUT2D eigenvalue weighted by Crippen LogP contribution is 2.17. The summed E-state index contributed by atoms with van der Waals surface area (Å²) < 4.78 is 26.2. The zero-order chi connectivity index (χ0) is 17.2. The molecule has 0 spiro atoms. The normalized spacial score (nSPS) is 11.2. The van der Waals surface area contributed by atoms with Crippen molar-refractivity contribution in [3.63, 3.8) is 0 Å². The molecule has 23 heavy (non-hydrogen) atoms. The lowest BCUT2D eigenvalue weighted by Crippen LogP contribution is -2.41. The number of halogens is 2. The summed E-state index contributed by atoms with van der Waals surface area (Å²) in [6.07, 6.45) is 0. The van der Waals surface area contributed by atoms with E-state index in [1.807, 2.05) is 20.8 Å². The summed E-state index contributed by atoms with van der Waals surface area (Å²) in [5, 5.41) is 5.57. The van der Waals surface area contributed by atoms with E-state index in [1.165, 1.54) is 6.07 Å². The van der Waals surface area contributed by atoms with Gasteiger partial charge in [-0.3, -0.25) is 4.79 Å². The van der Waals surface area contributed by atoms with E-state index in [0.717, 1.165) is 12.1 Å². The van der Waals surface area contributed by atoms with Gasteiger partial charge in [0.25, 0.3) is 5.91 Å². The van der Waals surface area contributed by atoms with Crippen molar-refractivity contribution in [2.45, 2.75) is 33.2 Å². The second-order valence-corrected chi connectivity index (χ2v) is 6.18. The molecule has 0 fully saturated rings. The molecular formula is C16H18F2N4O. The van der Waals surface area contributed by atoms with Crippen LogP contribution in [0.3, 0.4) is 0 Å². The Bertz CT molecular complexity index is 741. The Labute approximate surface area is 133 Å². The highest BCUT2D eigenvalue weighted by Gasteiger charge is 2.17. The van der Waals surface area contributed by atoms with Gasteiger partial charge < -0.3 is 10.6 Å². The third-order valence-electron chi connectivity index (χ3n) is 2.75. The van der Waals surface area contributed by atoms with Gasteiger partial charge in [-0.1, -0.05) is 0 Å². The summed E-state index contributed by atoms with van der Waals surface area (Å²) in [5.74, 6) is -2.12. The highest BCUT2D eigenvalue weighted by molar-refractivity contribution is 5.93. The first-order chi connectivity index (χ1) is 10.6. The Kier molecular flexibility index (Phi) is 4.58. The fourth-order valence-electron chi connectivity index (χ4n) is 1.85. The first kappa shape index (κ1) is 16.8. The van der Waals surface area contributed by atoms with Crippen LogP contribution in [0.2, 0.25) is 0 Å². The van der Waals surface area contributed by atoms with E-state index >= 15 is 0 Å². The quantitative estimate of drug-likeness (QED) is 0.910. The second-order valence-electron chi connectivity index (χ2n) is 6.18. The van der Waals surface area contributed by atoms with E-state index in [4.69, 9.17) is 0 Å². The number of nitrogens with one attached hydrogen (secondary N) is 2. The maximum atomic E-state index is 13.2. The standard InChI is InChI=1S/C16H18F2N4O/c1-9-7-13(14(23)22-16(2,3)4)21-15(19-9)20-10-5-6-11(17)12(18)8-10/h5-8H,1-4H3,(H,22,23)(H,19,20,21). The summed E-state index contributed by atoms with van der Waals surface area (Å²) in [7, 11) is 0. The number of aryl methyl sites for hydroxylation is 1. The topological polar surface area (TPSA) is 66.9 Å². The molecule has 1 amide bonds. The average Bonchev–Trinajstić information content (AvgIpc) is 2.40. The number of benzene rings is 1. The number of anilines is 2. The Morgan fingerprint density at radius 1 is 1.09 bits per heavy atom. The van der Waals surface area contributed by atoms with Gasteiger partial charge in [0.05, 0.1) is 0 Å². The SMILES string of the molecule is Cc1cc(C(=O)NC(C)(C)C)nc(Nc2ccc(F)c(F)c2)n1. The number of nitrogens with zero attached hydrogens (tertiary/aromatic N) is 2. The molecule has 2 rings (SSSR count). The van der Waals surface area contributed by atoms with Gasteiger partial charge in [-0.2, -0.15) is 0 Å². The predicted octanol–water partition coefficient (Wildman–Crippen LogP) is 3.34. The van der Waals surface area contributed by atoms with Crippen molar-refractivity contribution in [3.8, 4) is 0 Å². The van der Waals surface area contributed by atoms with Gasteiger partial charge in [0.1, 0.15) is 5.69 Å². The van der Waals surface area contributed by atoms with Crippen molar-refractivity contribution in [2.24, 2.45) is 0 Å². The summed E-state index contributed by atoms with van der Waals surface area (Å²) in [5.41, 5.74) is 0.655. The van der Waals surface area contributed by atoms with Gasteiger partial charge in [0.2, 0.25) is 5.95 Å². The zero-order valence-electron chi connectivity index (χ0n) is 13.4. The molecule has 122 valence electrons. The lowest BCUT2D eigenvalue weighted by molar-refractivity contribution is 0.0914. The van der Waals surface area contributed by atoms with E-state index in [0.29, 0.717) is 5.69 Å². The molecule has 0 aliphatic heterocycles. The number of amides is 1. The molecule has 0 saturated heterocycles. The van der Waals surface area contributed by atoms with E-state index in [2.05, 4.69) is 20.6 Å². The van der Waals surface area contributed by atoms with Crippen LogP contribution in [0.4, 0.5) is 20.4 Å². The van der Waals surface area contributed by atoms with Crippen LogP contribution in [-0.2, 0) is 0 Å². The molecule has 0 atom stereocenters. The third kappa shape index (κ3) is 4.70. The molecule has 0 saturated carbocycles. The van der Waals surface area contributed by atoms with Crippen LogP contribution >= 0.6 is 0 Å². The van der Waals surface area contributed by atoms with E-state index < -0.39 is 17.2 Å². The number of carbonyl (C=O) groups excluding carboxylic acids is 1. The lowest BCUT2D eigenvalue weighted by atomic mass is 10.1. The van der Waals surface area contributed by atoms with Crippen LogP contribution in [0.15, 0.2) is 24.3 Å². The third-order valence-corrected chi connectivity index (χ3v) is 2.75. The van der Waals surface area contributed by atoms with Crippen LogP contribution in [0.25, 0.3) is 0 Å². The number of hydrogen-bond acceptors (Lipinski definition) is 4.